The van der Waals surface area contributed by atoms with E-state index >= 15 is 0 Å². The average Bonchev–Trinajstić information content (AvgIpc) is 1.96. The topological polar surface area (TPSA) is 29.1 Å². The summed E-state index contributed by atoms with van der Waals surface area (Å²) >= 11 is 0. The van der Waals surface area contributed by atoms with E-state index in [0.717, 1.165) is 25.8 Å². The number of hydrogen-bond donors (Lipinski definition) is 1. The quantitative estimate of drug-likeness (QED) is 0.586. The number of amides is 1. The number of nitrogens with one attached hydrogen (secondary N) is 1. The molecule has 10 heavy (non-hydrogen) atoms. The summed E-state index contributed by atoms with van der Waals surface area (Å²) in [5.74, 6) is 0.237. The Morgan fingerprint density at radius 1 is 1.70 bits per heavy atom. The van der Waals surface area contributed by atoms with Crippen molar-refractivity contribution < 1.29 is 4.79 Å². The summed E-state index contributed by atoms with van der Waals surface area (Å²) in [5.41, 5.74) is -0.0712. The fourth-order valence-electron chi connectivity index (χ4n) is 1.34. The Bertz CT molecular complexity index is 144. The van der Waals surface area contributed by atoms with Gasteiger partial charge in [0.2, 0.25) is 5.91 Å². The van der Waals surface area contributed by atoms with Crippen molar-refractivity contribution >= 4 is 5.91 Å². The lowest BCUT2D eigenvalue weighted by molar-refractivity contribution is -0.132. The lowest BCUT2D eigenvalue weighted by Crippen LogP contribution is -2.43. The maximum absolute atomic E-state index is 11.2. The molecule has 1 saturated heterocycles. The summed E-state index contributed by atoms with van der Waals surface area (Å²) < 4.78 is 0. The lowest BCUT2D eigenvalue weighted by atomic mass is 9.80. The van der Waals surface area contributed by atoms with E-state index in [1.54, 1.807) is 0 Å². The monoisotopic (exact) mass is 141 g/mol. The molecule has 1 atom stereocenters. The third-order valence-corrected chi connectivity index (χ3v) is 2.52. The first-order valence-corrected chi connectivity index (χ1v) is 3.97. The van der Waals surface area contributed by atoms with Gasteiger partial charge in [-0.3, -0.25) is 4.79 Å². The molecule has 0 spiro atoms. The minimum absolute atomic E-state index is 0.0712. The number of piperidine rings is 1. The van der Waals surface area contributed by atoms with Crippen LogP contribution in [0.5, 0.6) is 0 Å². The van der Waals surface area contributed by atoms with Gasteiger partial charge in [0, 0.05) is 12.0 Å². The predicted octanol–water partition coefficient (Wildman–Crippen LogP) is 1.31. The Hall–Kier alpha value is -0.530. The number of hydrogen-bond acceptors (Lipinski definition) is 1. The molecule has 2 nitrogen and oxygen atoms in total. The van der Waals surface area contributed by atoms with Gasteiger partial charge in [-0.15, -0.1) is 0 Å². The first-order chi connectivity index (χ1) is 4.69. The molecular formula is C8H15NO. The molecule has 0 saturated carbocycles. The normalized spacial score (nSPS) is 33.6. The Morgan fingerprint density at radius 3 is 2.80 bits per heavy atom. The first-order valence-electron chi connectivity index (χ1n) is 3.97. The van der Waals surface area contributed by atoms with Crippen molar-refractivity contribution in [2.24, 2.45) is 5.41 Å². The van der Waals surface area contributed by atoms with E-state index in [0.29, 0.717) is 0 Å². The number of carbonyl (C=O) groups excluding carboxylic acids is 1. The van der Waals surface area contributed by atoms with Gasteiger partial charge < -0.3 is 5.32 Å². The van der Waals surface area contributed by atoms with Crippen molar-refractivity contribution in [3.8, 4) is 0 Å². The van der Waals surface area contributed by atoms with Crippen molar-refractivity contribution in [2.45, 2.75) is 33.1 Å². The minimum atomic E-state index is -0.0712. The minimum Gasteiger partial charge on any atom is -0.356 e. The van der Waals surface area contributed by atoms with Crippen LogP contribution in [0.2, 0.25) is 0 Å². The highest BCUT2D eigenvalue weighted by Gasteiger charge is 2.32. The van der Waals surface area contributed by atoms with Crippen LogP contribution in [-0.2, 0) is 4.79 Å². The zero-order chi connectivity index (χ0) is 7.61. The zero-order valence-corrected chi connectivity index (χ0v) is 6.74. The van der Waals surface area contributed by atoms with Crippen LogP contribution in [0.25, 0.3) is 0 Å². The van der Waals surface area contributed by atoms with Gasteiger partial charge in [-0.1, -0.05) is 13.8 Å². The van der Waals surface area contributed by atoms with E-state index < -0.39 is 0 Å². The fraction of sp³-hybridized carbons (Fsp3) is 0.875. The van der Waals surface area contributed by atoms with Crippen molar-refractivity contribution in [3.63, 3.8) is 0 Å². The molecule has 0 aliphatic carbocycles. The van der Waals surface area contributed by atoms with E-state index in [9.17, 15) is 4.79 Å². The molecule has 0 bridgehead atoms. The Balaban J connectivity index is 2.63. The van der Waals surface area contributed by atoms with Gasteiger partial charge in [-0.25, -0.2) is 0 Å². The summed E-state index contributed by atoms with van der Waals surface area (Å²) in [7, 11) is 0. The summed E-state index contributed by atoms with van der Waals surface area (Å²) in [6.45, 7) is 4.99. The van der Waals surface area contributed by atoms with Crippen LogP contribution in [0.3, 0.4) is 0 Å². The van der Waals surface area contributed by atoms with Gasteiger partial charge in [0.1, 0.15) is 0 Å². The maximum atomic E-state index is 11.2. The smallest absolute Gasteiger partial charge is 0.225 e. The molecule has 58 valence electrons. The highest BCUT2D eigenvalue weighted by molar-refractivity contribution is 5.82. The molecule has 0 radical (unpaired) electrons. The molecule has 0 aromatic heterocycles. The zero-order valence-electron chi connectivity index (χ0n) is 6.74. The van der Waals surface area contributed by atoms with E-state index in [1.165, 1.54) is 0 Å². The average molecular weight is 141 g/mol. The molecule has 1 unspecified atom stereocenters. The van der Waals surface area contributed by atoms with Crippen LogP contribution >= 0.6 is 0 Å². The Labute approximate surface area is 62.0 Å². The van der Waals surface area contributed by atoms with Gasteiger partial charge in [-0.2, -0.15) is 0 Å². The molecule has 2 heteroatoms. The van der Waals surface area contributed by atoms with Crippen LogP contribution in [-0.4, -0.2) is 12.5 Å². The van der Waals surface area contributed by atoms with Gasteiger partial charge in [-0.05, 0) is 19.3 Å². The summed E-state index contributed by atoms with van der Waals surface area (Å²) in [6.07, 6.45) is 3.14. The van der Waals surface area contributed by atoms with E-state index in [2.05, 4.69) is 12.2 Å². The molecule has 1 aliphatic heterocycles. The second kappa shape index (κ2) is 2.60. The van der Waals surface area contributed by atoms with Crippen molar-refractivity contribution in [1.29, 1.82) is 0 Å². The number of rotatable bonds is 1. The Kier molecular flexibility index (Phi) is 1.97. The summed E-state index contributed by atoms with van der Waals surface area (Å²) in [4.78, 5) is 11.2. The highest BCUT2D eigenvalue weighted by atomic mass is 16.2. The second-order valence-corrected chi connectivity index (χ2v) is 3.27. The predicted molar refractivity (Wildman–Crippen MR) is 40.6 cm³/mol. The molecule has 1 rings (SSSR count). The van der Waals surface area contributed by atoms with Crippen LogP contribution in [0.15, 0.2) is 0 Å². The van der Waals surface area contributed by atoms with E-state index in [4.69, 9.17) is 0 Å². The summed E-state index contributed by atoms with van der Waals surface area (Å²) in [5, 5.41) is 2.88. The second-order valence-electron chi connectivity index (χ2n) is 3.27. The number of carbonyl (C=O) groups is 1. The van der Waals surface area contributed by atoms with Gasteiger partial charge in [0.05, 0.1) is 0 Å². The summed E-state index contributed by atoms with van der Waals surface area (Å²) in [6, 6.07) is 0. The van der Waals surface area contributed by atoms with Crippen molar-refractivity contribution in [3.05, 3.63) is 0 Å². The molecule has 1 amide bonds. The molecule has 1 aliphatic rings. The van der Waals surface area contributed by atoms with Crippen LogP contribution in [0.1, 0.15) is 33.1 Å². The fourth-order valence-corrected chi connectivity index (χ4v) is 1.34. The van der Waals surface area contributed by atoms with Crippen LogP contribution < -0.4 is 5.32 Å². The molecule has 1 heterocycles. The maximum Gasteiger partial charge on any atom is 0.225 e. The molecule has 1 fully saturated rings. The van der Waals surface area contributed by atoms with Crippen LogP contribution in [0, 0.1) is 5.41 Å². The third-order valence-electron chi connectivity index (χ3n) is 2.52. The SMILES string of the molecule is CCC1(C)CCCNC1=O. The third kappa shape index (κ3) is 1.15. The molecule has 0 aromatic carbocycles. The van der Waals surface area contributed by atoms with Crippen molar-refractivity contribution in [2.75, 3.05) is 6.54 Å². The lowest BCUT2D eigenvalue weighted by Gasteiger charge is -2.31. The highest BCUT2D eigenvalue weighted by Crippen LogP contribution is 2.29. The van der Waals surface area contributed by atoms with Gasteiger partial charge >= 0.3 is 0 Å². The van der Waals surface area contributed by atoms with E-state index in [1.807, 2.05) is 6.92 Å². The van der Waals surface area contributed by atoms with E-state index in [-0.39, 0.29) is 11.3 Å². The standard InChI is InChI=1S/C8H15NO/c1-3-8(2)5-4-6-9-7(8)10/h3-6H2,1-2H3,(H,9,10). The largest absolute Gasteiger partial charge is 0.356 e. The van der Waals surface area contributed by atoms with Gasteiger partial charge in [0.15, 0.2) is 0 Å². The Morgan fingerprint density at radius 2 is 2.40 bits per heavy atom. The van der Waals surface area contributed by atoms with Crippen LogP contribution in [0.4, 0.5) is 0 Å². The molecular weight excluding hydrogens is 126 g/mol. The van der Waals surface area contributed by atoms with Gasteiger partial charge in [0.25, 0.3) is 0 Å². The first kappa shape index (κ1) is 7.58. The molecule has 1 N–H and O–H groups in total. The van der Waals surface area contributed by atoms with Crippen molar-refractivity contribution in [1.82, 2.24) is 5.32 Å². The molecule has 0 aromatic rings.